The Balaban J connectivity index is 0.000000272. The van der Waals surface area contributed by atoms with Gasteiger partial charge in [-0.15, -0.1) is 54.1 Å². The number of imidazole rings is 1. The number of rotatable bonds is 8. The minimum Gasteiger partial charge on any atom is -0.501 e. The van der Waals surface area contributed by atoms with Crippen LogP contribution in [0.2, 0.25) is 0 Å². The number of hydrogen-bond acceptors (Lipinski definition) is 5. The zero-order valence-corrected chi connectivity index (χ0v) is 44.2. The molecule has 0 amide bonds. The molecule has 0 aliphatic rings. The summed E-state index contributed by atoms with van der Waals surface area (Å²) in [5.74, 6) is 1.09. The first-order valence-corrected chi connectivity index (χ1v) is 24.6. The third kappa shape index (κ3) is 9.41. The number of pyridine rings is 1. The zero-order valence-electron chi connectivity index (χ0n) is 43.8. The summed E-state index contributed by atoms with van der Waals surface area (Å²) in [4.78, 5) is 9.70. The Labute approximate surface area is 443 Å². The van der Waals surface area contributed by atoms with Gasteiger partial charge in [-0.05, 0) is 111 Å². The number of benzene rings is 8. The van der Waals surface area contributed by atoms with Crippen molar-refractivity contribution < 1.29 is 31.7 Å². The van der Waals surface area contributed by atoms with Crippen LogP contribution in [0.15, 0.2) is 185 Å². The third-order valence-electron chi connectivity index (χ3n) is 13.1. The normalized spacial score (nSPS) is 12.3. The largest absolute Gasteiger partial charge is 0.501 e. The average molecular weight is 1130 g/mol. The van der Waals surface area contributed by atoms with Crippen LogP contribution in [0.3, 0.4) is 0 Å². The van der Waals surface area contributed by atoms with Gasteiger partial charge in [0.2, 0.25) is 0 Å². The first-order valence-electron chi connectivity index (χ1n) is 25.6. The monoisotopic (exact) mass is 1130 g/mol. The second-order valence-electron chi connectivity index (χ2n) is 20.0. The molecule has 0 unspecified atom stereocenters. The summed E-state index contributed by atoms with van der Waals surface area (Å²) in [6.45, 7) is 14.7. The van der Waals surface area contributed by atoms with Gasteiger partial charge in [0.05, 0.1) is 34.1 Å². The molecule has 12 aromatic rings. The first kappa shape index (κ1) is 46.2. The number of hydrogen-bond donors (Lipinski definition) is 0. The van der Waals surface area contributed by atoms with E-state index in [1.165, 1.54) is 5.56 Å². The molecule has 12 rings (SSSR count). The first-order chi connectivity index (χ1) is 35.7. The number of nitriles is 1. The quantitative estimate of drug-likeness (QED) is 0.142. The topological polar surface area (TPSA) is 80.8 Å². The van der Waals surface area contributed by atoms with Crippen LogP contribution < -0.4 is 0 Å². The van der Waals surface area contributed by atoms with Gasteiger partial charge in [-0.3, -0.25) is 4.98 Å². The van der Waals surface area contributed by atoms with E-state index in [4.69, 9.17) is 16.6 Å². The van der Waals surface area contributed by atoms with Crippen molar-refractivity contribution in [1.29, 1.82) is 5.26 Å². The van der Waals surface area contributed by atoms with Crippen molar-refractivity contribution >= 4 is 54.9 Å². The Morgan fingerprint density at radius 3 is 2.01 bits per heavy atom. The number of aromatic nitrogens is 3. The van der Waals surface area contributed by atoms with Gasteiger partial charge in [0, 0.05) is 56.5 Å². The van der Waals surface area contributed by atoms with Crippen molar-refractivity contribution in [2.45, 2.75) is 66.7 Å². The van der Waals surface area contributed by atoms with Gasteiger partial charge in [0.25, 0.3) is 0 Å². The molecule has 361 valence electrons. The van der Waals surface area contributed by atoms with Crippen LogP contribution in [0.5, 0.6) is 0 Å². The third-order valence-corrected chi connectivity index (χ3v) is 13.1. The average Bonchev–Trinajstić information content (AvgIpc) is 4.11. The van der Waals surface area contributed by atoms with Crippen LogP contribution in [-0.4, -0.2) is 14.5 Å². The summed E-state index contributed by atoms with van der Waals surface area (Å²) in [5.41, 5.74) is 16.2. The molecule has 0 fully saturated rings. The number of nitrogens with zero attached hydrogens (tertiary/aromatic N) is 4. The van der Waals surface area contributed by atoms with Crippen LogP contribution in [-0.2, 0) is 26.5 Å². The van der Waals surface area contributed by atoms with Crippen molar-refractivity contribution in [1.82, 2.24) is 14.5 Å². The maximum absolute atomic E-state index is 9.52. The van der Waals surface area contributed by atoms with Gasteiger partial charge >= 0.3 is 0 Å². The molecule has 6 nitrogen and oxygen atoms in total. The maximum atomic E-state index is 9.52. The summed E-state index contributed by atoms with van der Waals surface area (Å²) in [6.07, 6.45) is 0.223. The van der Waals surface area contributed by atoms with E-state index in [0.717, 1.165) is 111 Å². The summed E-state index contributed by atoms with van der Waals surface area (Å²) in [5, 5.41) is 13.8. The van der Waals surface area contributed by atoms with E-state index >= 15 is 0 Å². The Kier molecular flexibility index (Phi) is 12.6. The molecular weight excluding hydrogens is 1070 g/mol. The fourth-order valence-corrected chi connectivity index (χ4v) is 9.87. The molecule has 0 saturated carbocycles. The minimum absolute atomic E-state index is 0. The van der Waals surface area contributed by atoms with Crippen molar-refractivity contribution in [2.24, 2.45) is 5.41 Å². The van der Waals surface area contributed by atoms with Crippen molar-refractivity contribution in [3.8, 4) is 56.7 Å². The molecule has 4 aromatic heterocycles. The summed E-state index contributed by atoms with van der Waals surface area (Å²) in [7, 11) is 0. The van der Waals surface area contributed by atoms with Gasteiger partial charge in [0.1, 0.15) is 16.7 Å². The van der Waals surface area contributed by atoms with Crippen LogP contribution in [0.1, 0.15) is 85.3 Å². The molecule has 0 spiro atoms. The molecule has 4 heterocycles. The molecule has 0 aliphatic heterocycles. The second-order valence-corrected chi connectivity index (χ2v) is 20.0. The van der Waals surface area contributed by atoms with Crippen molar-refractivity contribution in [2.75, 3.05) is 0 Å². The maximum Gasteiger partial charge on any atom is 0.140 e. The Bertz CT molecular complexity index is 4100. The van der Waals surface area contributed by atoms with E-state index in [-0.39, 0.29) is 31.9 Å². The van der Waals surface area contributed by atoms with Gasteiger partial charge in [-0.1, -0.05) is 144 Å². The molecule has 73 heavy (non-hydrogen) atoms. The van der Waals surface area contributed by atoms with E-state index in [9.17, 15) is 5.26 Å². The second kappa shape index (κ2) is 20.0. The predicted octanol–water partition coefficient (Wildman–Crippen LogP) is 17.9. The molecule has 0 aliphatic carbocycles. The molecule has 0 atom stereocenters. The van der Waals surface area contributed by atoms with E-state index in [0.29, 0.717) is 11.1 Å². The molecule has 0 N–H and O–H groups in total. The Morgan fingerprint density at radius 2 is 1.33 bits per heavy atom. The van der Waals surface area contributed by atoms with Crippen LogP contribution in [0, 0.1) is 28.9 Å². The molecule has 8 aromatic carbocycles. The molecular formula is C66H54IrN4O2-2. The smallest absolute Gasteiger partial charge is 0.140 e. The molecule has 7 heteroatoms. The SMILES string of the molecule is CC(C)c1cc2c(oc3cc(-c4ccccc4)ccc32)c(C(C)C)c1-n1c(-c2[c-]ccc3c2oc2cc(-c4cccc(C#N)c4)ccc23)nc2ccccc21.[2H]C([2H])(c1ccc(-c2[c-]cccc2)nc1)C(C)(C)C.[Ir]. The van der Waals surface area contributed by atoms with Gasteiger partial charge in [-0.2, -0.15) is 5.26 Å². The predicted molar refractivity (Wildman–Crippen MR) is 295 cm³/mol. The van der Waals surface area contributed by atoms with Crippen molar-refractivity contribution in [3.05, 3.63) is 210 Å². The summed E-state index contributed by atoms with van der Waals surface area (Å²) < 4.78 is 32.5. The van der Waals surface area contributed by atoms with Crippen molar-refractivity contribution in [3.63, 3.8) is 0 Å². The van der Waals surface area contributed by atoms with Gasteiger partial charge < -0.3 is 18.4 Å². The Hall–Kier alpha value is -7.88. The number of para-hydroxylation sites is 2. The molecule has 0 saturated heterocycles. The van der Waals surface area contributed by atoms with E-state index in [1.54, 1.807) is 6.20 Å². The van der Waals surface area contributed by atoms with E-state index in [2.05, 4.69) is 146 Å². The Morgan fingerprint density at radius 1 is 0.644 bits per heavy atom. The molecule has 0 bridgehead atoms. The summed E-state index contributed by atoms with van der Waals surface area (Å²) in [6, 6.07) is 65.9. The number of furan rings is 2. The van der Waals surface area contributed by atoms with Crippen LogP contribution in [0.4, 0.5) is 0 Å². The van der Waals surface area contributed by atoms with Crippen LogP contribution in [0.25, 0.3) is 105 Å². The van der Waals surface area contributed by atoms with Crippen LogP contribution >= 0.6 is 0 Å². The number of fused-ring (bicyclic) bond motifs is 7. The minimum atomic E-state index is -1.40. The van der Waals surface area contributed by atoms with Gasteiger partial charge in [-0.25, -0.2) is 0 Å². The summed E-state index contributed by atoms with van der Waals surface area (Å²) >= 11 is 0. The van der Waals surface area contributed by atoms with E-state index in [1.807, 2.05) is 99.6 Å². The standard InChI is InChI=1S/C50H36N3O2.C16H18N.Ir/c1-29(2)40-27-41-37-23-20-34(32-13-6-5-7-14-32)25-45(37)55-49(41)46(30(3)4)47(40)53-43-19-9-8-18-42(43)52-50(53)39-17-11-16-38-36-22-21-35(26-44(36)54-48(38)39)33-15-10-12-31(24-33)28-51;1-16(2,3)11-13-9-10-15(17-12-13)14-7-5-4-6-8-14;/h5-16,18-27,29-30H,1-4H3;4-7,9-10,12H,11H2,1-3H3;/q2*-1;/i;11D2;. The fourth-order valence-electron chi connectivity index (χ4n) is 9.87. The fraction of sp³-hybridized carbons (Fsp3) is 0.167. The zero-order chi connectivity index (χ0) is 51.5. The van der Waals surface area contributed by atoms with Gasteiger partial charge in [0.15, 0.2) is 0 Å². The molecule has 1 radical (unpaired) electrons. The van der Waals surface area contributed by atoms with E-state index < -0.39 is 11.8 Å².